The number of nitrogens with one attached hydrogen (secondary N) is 1. The lowest BCUT2D eigenvalue weighted by Crippen LogP contribution is -2.27. The van der Waals surface area contributed by atoms with E-state index in [0.717, 1.165) is 16.6 Å². The van der Waals surface area contributed by atoms with Crippen molar-refractivity contribution in [3.63, 3.8) is 0 Å². The average molecular weight is 396 g/mol. The van der Waals surface area contributed by atoms with Gasteiger partial charge < -0.3 is 19.3 Å². The number of oxazole rings is 2. The van der Waals surface area contributed by atoms with E-state index in [4.69, 9.17) is 19.3 Å². The van der Waals surface area contributed by atoms with E-state index < -0.39 is 11.7 Å². The van der Waals surface area contributed by atoms with Gasteiger partial charge in [0.15, 0.2) is 22.9 Å². The molecule has 2 aromatic heterocycles. The van der Waals surface area contributed by atoms with Gasteiger partial charge >= 0.3 is 6.09 Å². The Bertz CT molecular complexity index is 1150. The Balaban J connectivity index is 0.000000186. The molecule has 0 saturated carbocycles. The van der Waals surface area contributed by atoms with Crippen molar-refractivity contribution in [1.82, 2.24) is 9.97 Å². The van der Waals surface area contributed by atoms with Crippen LogP contribution in [-0.4, -0.2) is 21.7 Å². The van der Waals surface area contributed by atoms with Gasteiger partial charge in [0.05, 0.1) is 0 Å². The van der Waals surface area contributed by atoms with E-state index in [9.17, 15) is 4.79 Å². The number of benzene rings is 2. The minimum Gasteiger partial charge on any atom is -0.444 e. The van der Waals surface area contributed by atoms with Gasteiger partial charge in [0.2, 0.25) is 0 Å². The molecule has 0 saturated heterocycles. The molecule has 0 bridgehead atoms. The zero-order valence-corrected chi connectivity index (χ0v) is 17.1. The van der Waals surface area contributed by atoms with Gasteiger partial charge in [-0.15, -0.1) is 0 Å². The second-order valence-electron chi connectivity index (χ2n) is 7.50. The zero-order chi connectivity index (χ0) is 21.2. The smallest absolute Gasteiger partial charge is 0.412 e. The number of amides is 1. The Morgan fingerprint density at radius 2 is 1.52 bits per heavy atom. The first-order valence-electron chi connectivity index (χ1n) is 9.09. The number of ether oxygens (including phenoxy) is 1. The van der Waals surface area contributed by atoms with Gasteiger partial charge in [-0.2, -0.15) is 0 Å². The second-order valence-corrected chi connectivity index (χ2v) is 7.50. The lowest BCUT2D eigenvalue weighted by molar-refractivity contribution is 0.0636. The molecule has 29 heavy (non-hydrogen) atoms. The van der Waals surface area contributed by atoms with Gasteiger partial charge in [-0.3, -0.25) is 5.32 Å². The molecular weight excluding hydrogens is 372 g/mol. The molecule has 0 aliphatic heterocycles. The van der Waals surface area contributed by atoms with Crippen LogP contribution in [0.25, 0.3) is 22.2 Å². The highest BCUT2D eigenvalue weighted by Gasteiger charge is 2.16. The second kappa shape index (κ2) is 7.83. The number of carbonyl (C=O) groups is 1. The minimum absolute atomic E-state index is 0.488. The van der Waals surface area contributed by atoms with Crippen molar-refractivity contribution in [2.45, 2.75) is 40.2 Å². The molecule has 0 atom stereocenters. The van der Waals surface area contributed by atoms with Crippen LogP contribution in [0.15, 0.2) is 45.2 Å². The van der Waals surface area contributed by atoms with E-state index in [1.807, 2.05) is 39.8 Å². The van der Waals surface area contributed by atoms with E-state index in [0.29, 0.717) is 28.7 Å². The summed E-state index contributed by atoms with van der Waals surface area (Å²) in [5.41, 5.74) is 9.37. The summed E-state index contributed by atoms with van der Waals surface area (Å²) in [6, 6.07) is 10.7. The standard InChI is InChI=1S/C13H16N2O3.C8H8N2O/c1-8-14-10-6-5-9(7-11(10)17-8)15-12(16)18-13(2,3)4;1-5-10-7-3-2-6(9)4-8(7)11-5/h5-7H,1-4H3,(H,15,16);2-4H,9H2,1H3. The topological polar surface area (TPSA) is 116 Å². The SMILES string of the molecule is Cc1nc2ccc(N)cc2o1.Cc1nc2ccc(NC(=O)OC(C)(C)C)cc2o1. The molecule has 1 amide bonds. The van der Waals surface area contributed by atoms with Crippen LogP contribution >= 0.6 is 0 Å². The fourth-order valence-corrected chi connectivity index (χ4v) is 2.60. The van der Waals surface area contributed by atoms with Gasteiger partial charge in [-0.25, -0.2) is 14.8 Å². The molecule has 0 unspecified atom stereocenters. The number of aryl methyl sites for hydroxylation is 2. The van der Waals surface area contributed by atoms with Crippen LogP contribution in [0.1, 0.15) is 32.6 Å². The fourth-order valence-electron chi connectivity index (χ4n) is 2.60. The van der Waals surface area contributed by atoms with Gasteiger partial charge in [0.1, 0.15) is 16.6 Å². The summed E-state index contributed by atoms with van der Waals surface area (Å²) in [5.74, 6) is 1.27. The van der Waals surface area contributed by atoms with Gasteiger partial charge in [-0.05, 0) is 45.0 Å². The normalized spacial score (nSPS) is 11.2. The van der Waals surface area contributed by atoms with E-state index >= 15 is 0 Å². The van der Waals surface area contributed by atoms with Crippen LogP contribution in [0, 0.1) is 13.8 Å². The third-order valence-electron chi connectivity index (χ3n) is 3.66. The molecule has 0 aliphatic carbocycles. The molecule has 0 radical (unpaired) electrons. The zero-order valence-electron chi connectivity index (χ0n) is 17.1. The van der Waals surface area contributed by atoms with E-state index in [1.54, 1.807) is 31.2 Å². The molecule has 3 N–H and O–H groups in total. The van der Waals surface area contributed by atoms with E-state index in [-0.39, 0.29) is 0 Å². The number of hydrogen-bond acceptors (Lipinski definition) is 7. The van der Waals surface area contributed by atoms with Crippen molar-refractivity contribution in [2.24, 2.45) is 0 Å². The van der Waals surface area contributed by atoms with Crippen molar-refractivity contribution in [2.75, 3.05) is 11.1 Å². The molecule has 8 heteroatoms. The molecule has 2 aromatic carbocycles. The number of nitrogen functional groups attached to an aromatic ring is 1. The molecule has 4 rings (SSSR count). The number of nitrogens with two attached hydrogens (primary N) is 1. The van der Waals surface area contributed by atoms with Crippen LogP contribution in [-0.2, 0) is 4.74 Å². The van der Waals surface area contributed by atoms with Gasteiger partial charge in [0, 0.05) is 37.4 Å². The summed E-state index contributed by atoms with van der Waals surface area (Å²) in [6.07, 6.45) is -0.488. The monoisotopic (exact) mass is 396 g/mol. The first kappa shape index (κ1) is 20.2. The predicted molar refractivity (Wildman–Crippen MR) is 112 cm³/mol. The molecule has 4 aromatic rings. The summed E-state index contributed by atoms with van der Waals surface area (Å²) in [5, 5.41) is 2.65. The Labute approximate surface area is 168 Å². The van der Waals surface area contributed by atoms with Crippen molar-refractivity contribution in [1.29, 1.82) is 0 Å². The first-order valence-corrected chi connectivity index (χ1v) is 9.09. The predicted octanol–water partition coefficient (Wildman–Crippen LogP) is 5.20. The van der Waals surface area contributed by atoms with Crippen molar-refractivity contribution in [3.05, 3.63) is 48.2 Å². The molecule has 0 fully saturated rings. The highest BCUT2D eigenvalue weighted by molar-refractivity contribution is 5.88. The van der Waals surface area contributed by atoms with Crippen molar-refractivity contribution < 1.29 is 18.4 Å². The van der Waals surface area contributed by atoms with Crippen LogP contribution in [0.2, 0.25) is 0 Å². The van der Waals surface area contributed by atoms with Gasteiger partial charge in [-0.1, -0.05) is 0 Å². The number of fused-ring (bicyclic) bond motifs is 2. The summed E-state index contributed by atoms with van der Waals surface area (Å²) in [4.78, 5) is 19.9. The molecule has 8 nitrogen and oxygen atoms in total. The number of hydrogen-bond donors (Lipinski definition) is 2. The Kier molecular flexibility index (Phi) is 5.45. The minimum atomic E-state index is -0.517. The molecule has 0 spiro atoms. The maximum Gasteiger partial charge on any atom is 0.412 e. The maximum atomic E-state index is 11.6. The highest BCUT2D eigenvalue weighted by Crippen LogP contribution is 2.20. The number of rotatable bonds is 1. The van der Waals surface area contributed by atoms with E-state index in [2.05, 4.69) is 15.3 Å². The lowest BCUT2D eigenvalue weighted by atomic mass is 10.2. The van der Waals surface area contributed by atoms with Crippen LogP contribution < -0.4 is 11.1 Å². The summed E-state index contributed by atoms with van der Waals surface area (Å²) >= 11 is 0. The van der Waals surface area contributed by atoms with Crippen LogP contribution in [0.5, 0.6) is 0 Å². The maximum absolute atomic E-state index is 11.6. The fraction of sp³-hybridized carbons (Fsp3) is 0.286. The molecule has 2 heterocycles. The third kappa shape index (κ3) is 5.47. The Morgan fingerprint density at radius 3 is 2.10 bits per heavy atom. The molecule has 0 aliphatic rings. The summed E-state index contributed by atoms with van der Waals surface area (Å²) < 4.78 is 15.8. The number of nitrogens with zero attached hydrogens (tertiary/aromatic N) is 2. The number of aromatic nitrogens is 2. The number of carbonyl (C=O) groups excluding carboxylic acids is 1. The molecule has 152 valence electrons. The third-order valence-corrected chi connectivity index (χ3v) is 3.66. The highest BCUT2D eigenvalue weighted by atomic mass is 16.6. The first-order chi connectivity index (χ1) is 13.6. The summed E-state index contributed by atoms with van der Waals surface area (Å²) in [6.45, 7) is 9.04. The number of anilines is 2. The Morgan fingerprint density at radius 1 is 0.966 bits per heavy atom. The largest absolute Gasteiger partial charge is 0.444 e. The Hall–Kier alpha value is -3.55. The van der Waals surface area contributed by atoms with E-state index in [1.165, 1.54) is 0 Å². The van der Waals surface area contributed by atoms with Crippen LogP contribution in [0.3, 0.4) is 0 Å². The van der Waals surface area contributed by atoms with Gasteiger partial charge in [0.25, 0.3) is 0 Å². The molecular formula is C21H24N4O4. The van der Waals surface area contributed by atoms with Crippen LogP contribution in [0.4, 0.5) is 16.2 Å². The lowest BCUT2D eigenvalue weighted by Gasteiger charge is -2.19. The average Bonchev–Trinajstić information content (AvgIpc) is 3.13. The summed E-state index contributed by atoms with van der Waals surface area (Å²) in [7, 11) is 0. The van der Waals surface area contributed by atoms with Crippen molar-refractivity contribution in [3.8, 4) is 0 Å². The quantitative estimate of drug-likeness (QED) is 0.425. The van der Waals surface area contributed by atoms with Crippen molar-refractivity contribution >= 4 is 39.7 Å².